The number of hydrogen-bond acceptors (Lipinski definition) is 3. The van der Waals surface area contributed by atoms with E-state index in [2.05, 4.69) is 10.6 Å². The van der Waals surface area contributed by atoms with E-state index in [0.717, 1.165) is 11.3 Å². The van der Waals surface area contributed by atoms with E-state index in [4.69, 9.17) is 17.0 Å². The maximum atomic E-state index is 11.6. The molecule has 5 heteroatoms. The van der Waals surface area contributed by atoms with Gasteiger partial charge in [-0.15, -0.1) is 0 Å². The fourth-order valence-electron chi connectivity index (χ4n) is 1.65. The van der Waals surface area contributed by atoms with Gasteiger partial charge in [0.1, 0.15) is 6.61 Å². The van der Waals surface area contributed by atoms with Crippen molar-refractivity contribution in [3.05, 3.63) is 66.2 Å². The van der Waals surface area contributed by atoms with Crippen LogP contribution in [0, 0.1) is 0 Å². The van der Waals surface area contributed by atoms with Gasteiger partial charge in [0.15, 0.2) is 0 Å². The fourth-order valence-corrected chi connectivity index (χ4v) is 1.84. The first-order chi connectivity index (χ1) is 10.2. The molecule has 0 heterocycles. The van der Waals surface area contributed by atoms with E-state index in [-0.39, 0.29) is 13.2 Å². The number of hydrogen-bond donors (Lipinski definition) is 2. The molecule has 2 rings (SSSR count). The Balaban J connectivity index is 1.68. The second-order valence-corrected chi connectivity index (χ2v) is 4.82. The summed E-state index contributed by atoms with van der Waals surface area (Å²) in [7, 11) is 0. The summed E-state index contributed by atoms with van der Waals surface area (Å²) in [6.07, 6.45) is -0.490. The van der Waals surface area contributed by atoms with Crippen LogP contribution in [0.15, 0.2) is 60.7 Å². The molecule has 0 aromatic heterocycles. The van der Waals surface area contributed by atoms with Crippen molar-refractivity contribution in [3.63, 3.8) is 0 Å². The monoisotopic (exact) mass is 300 g/mol. The van der Waals surface area contributed by atoms with Gasteiger partial charge in [-0.25, -0.2) is 4.79 Å². The minimum atomic E-state index is -0.490. The van der Waals surface area contributed by atoms with Gasteiger partial charge in [0, 0.05) is 5.69 Å². The molecule has 0 unspecified atom stereocenters. The lowest BCUT2D eigenvalue weighted by molar-refractivity contribution is 0.141. The van der Waals surface area contributed by atoms with Crippen molar-refractivity contribution in [2.45, 2.75) is 6.61 Å². The van der Waals surface area contributed by atoms with Crippen LogP contribution in [0.25, 0.3) is 0 Å². The molecule has 2 aromatic rings. The minimum Gasteiger partial charge on any atom is -0.445 e. The topological polar surface area (TPSA) is 50.4 Å². The molecule has 2 aromatic carbocycles. The van der Waals surface area contributed by atoms with E-state index in [1.165, 1.54) is 0 Å². The van der Waals surface area contributed by atoms with E-state index in [1.54, 1.807) is 0 Å². The van der Waals surface area contributed by atoms with E-state index < -0.39 is 6.09 Å². The average Bonchev–Trinajstić information content (AvgIpc) is 2.53. The van der Waals surface area contributed by atoms with E-state index in [1.807, 2.05) is 60.7 Å². The van der Waals surface area contributed by atoms with Gasteiger partial charge in [-0.2, -0.15) is 0 Å². The SMILES string of the molecule is O=C(NCC(=S)Nc1ccccc1)OCc1ccccc1. The Bertz CT molecular complexity index is 588. The van der Waals surface area contributed by atoms with E-state index in [9.17, 15) is 4.79 Å². The summed E-state index contributed by atoms with van der Waals surface area (Å²) in [5.74, 6) is 0. The third-order valence-corrected chi connectivity index (χ3v) is 2.91. The molecular weight excluding hydrogens is 284 g/mol. The maximum absolute atomic E-state index is 11.6. The molecule has 108 valence electrons. The second kappa shape index (κ2) is 8.01. The van der Waals surface area contributed by atoms with Gasteiger partial charge in [-0.1, -0.05) is 60.7 Å². The molecule has 1 amide bonds. The molecule has 2 N–H and O–H groups in total. The van der Waals surface area contributed by atoms with Gasteiger partial charge in [0.05, 0.1) is 11.5 Å². The number of nitrogens with one attached hydrogen (secondary N) is 2. The number of benzene rings is 2. The number of thiocarbonyl (C=S) groups is 1. The largest absolute Gasteiger partial charge is 0.445 e. The summed E-state index contributed by atoms with van der Waals surface area (Å²) in [5, 5.41) is 5.64. The predicted molar refractivity (Wildman–Crippen MR) is 87.3 cm³/mol. The lowest BCUT2D eigenvalue weighted by Gasteiger charge is -2.09. The van der Waals surface area contributed by atoms with Crippen molar-refractivity contribution < 1.29 is 9.53 Å². The fraction of sp³-hybridized carbons (Fsp3) is 0.125. The van der Waals surface area contributed by atoms with Crippen LogP contribution >= 0.6 is 12.2 Å². The first kappa shape index (κ1) is 15.0. The molecule has 0 bridgehead atoms. The number of carbonyl (C=O) groups excluding carboxylic acids is 1. The van der Waals surface area contributed by atoms with Gasteiger partial charge in [-0.05, 0) is 17.7 Å². The number of anilines is 1. The molecule has 0 fully saturated rings. The molecule has 21 heavy (non-hydrogen) atoms. The van der Waals surface area contributed by atoms with Gasteiger partial charge >= 0.3 is 6.09 Å². The van der Waals surface area contributed by atoms with Crippen molar-refractivity contribution in [2.75, 3.05) is 11.9 Å². The lowest BCUT2D eigenvalue weighted by atomic mass is 10.2. The Morgan fingerprint density at radius 1 is 1.00 bits per heavy atom. The van der Waals surface area contributed by atoms with Crippen LogP contribution in [0.2, 0.25) is 0 Å². The minimum absolute atomic E-state index is 0.234. The molecule has 0 saturated carbocycles. The van der Waals surface area contributed by atoms with Gasteiger partial charge < -0.3 is 15.4 Å². The third kappa shape index (κ3) is 5.62. The van der Waals surface area contributed by atoms with Gasteiger partial charge in [-0.3, -0.25) is 0 Å². The first-order valence-electron chi connectivity index (χ1n) is 6.53. The number of carbonyl (C=O) groups is 1. The lowest BCUT2D eigenvalue weighted by Crippen LogP contribution is -2.32. The third-order valence-electron chi connectivity index (χ3n) is 2.66. The Morgan fingerprint density at radius 3 is 2.29 bits per heavy atom. The summed E-state index contributed by atoms with van der Waals surface area (Å²) in [6.45, 7) is 0.476. The van der Waals surface area contributed by atoms with Crippen LogP contribution in [0.1, 0.15) is 5.56 Å². The van der Waals surface area contributed by atoms with Crippen LogP contribution in [-0.4, -0.2) is 17.6 Å². The summed E-state index contributed by atoms with van der Waals surface area (Å²) in [6, 6.07) is 19.1. The van der Waals surface area contributed by atoms with Crippen LogP contribution in [-0.2, 0) is 11.3 Å². The molecule has 0 spiro atoms. The smallest absolute Gasteiger partial charge is 0.407 e. The Hall–Kier alpha value is -2.40. The summed E-state index contributed by atoms with van der Waals surface area (Å²) >= 11 is 5.15. The Kier molecular flexibility index (Phi) is 5.72. The van der Waals surface area contributed by atoms with Crippen molar-refractivity contribution in [3.8, 4) is 0 Å². The molecular formula is C16H16N2O2S. The maximum Gasteiger partial charge on any atom is 0.407 e. The molecule has 0 aliphatic heterocycles. The van der Waals surface area contributed by atoms with Crippen LogP contribution in [0.4, 0.5) is 10.5 Å². The standard InChI is InChI=1S/C16H16N2O2S/c19-16(20-12-13-7-3-1-4-8-13)17-11-15(21)18-14-9-5-2-6-10-14/h1-10H,11-12H2,(H,17,19)(H,18,21). The molecule has 0 atom stereocenters. The van der Waals surface area contributed by atoms with E-state index in [0.29, 0.717) is 4.99 Å². The summed E-state index contributed by atoms with van der Waals surface area (Å²) < 4.78 is 5.09. The molecule has 4 nitrogen and oxygen atoms in total. The van der Waals surface area contributed by atoms with Crippen LogP contribution in [0.3, 0.4) is 0 Å². The van der Waals surface area contributed by atoms with Crippen LogP contribution < -0.4 is 10.6 Å². The second-order valence-electron chi connectivity index (χ2n) is 4.33. The highest BCUT2D eigenvalue weighted by atomic mass is 32.1. The quantitative estimate of drug-likeness (QED) is 0.831. The van der Waals surface area contributed by atoms with Crippen molar-refractivity contribution >= 4 is 29.0 Å². The number of amides is 1. The zero-order valence-electron chi connectivity index (χ0n) is 11.4. The molecule has 0 radical (unpaired) electrons. The average molecular weight is 300 g/mol. The predicted octanol–water partition coefficient (Wildman–Crippen LogP) is 3.35. The van der Waals surface area contributed by atoms with Gasteiger partial charge in [0.2, 0.25) is 0 Å². The number of rotatable bonds is 5. The Morgan fingerprint density at radius 2 is 1.62 bits per heavy atom. The van der Waals surface area contributed by atoms with Crippen molar-refractivity contribution in [2.24, 2.45) is 0 Å². The highest BCUT2D eigenvalue weighted by Crippen LogP contribution is 2.04. The van der Waals surface area contributed by atoms with Crippen LogP contribution in [0.5, 0.6) is 0 Å². The van der Waals surface area contributed by atoms with E-state index >= 15 is 0 Å². The molecule has 0 saturated heterocycles. The van der Waals surface area contributed by atoms with Crippen molar-refractivity contribution in [1.82, 2.24) is 5.32 Å². The van der Waals surface area contributed by atoms with Gasteiger partial charge in [0.25, 0.3) is 0 Å². The zero-order valence-corrected chi connectivity index (χ0v) is 12.2. The first-order valence-corrected chi connectivity index (χ1v) is 6.94. The number of alkyl carbamates (subject to hydrolysis) is 1. The Labute approximate surface area is 129 Å². The number of para-hydroxylation sites is 1. The highest BCUT2D eigenvalue weighted by Gasteiger charge is 2.04. The summed E-state index contributed by atoms with van der Waals surface area (Å²) in [4.78, 5) is 12.1. The molecule has 0 aliphatic rings. The summed E-state index contributed by atoms with van der Waals surface area (Å²) in [5.41, 5.74) is 1.83. The number of ether oxygens (including phenoxy) is 1. The normalized spacial score (nSPS) is 9.71. The van der Waals surface area contributed by atoms with Crippen molar-refractivity contribution in [1.29, 1.82) is 0 Å². The highest BCUT2D eigenvalue weighted by molar-refractivity contribution is 7.80. The molecule has 0 aliphatic carbocycles. The zero-order chi connectivity index (χ0) is 14.9.